The van der Waals surface area contributed by atoms with Crippen LogP contribution < -0.4 is 20.7 Å². The predicted molar refractivity (Wildman–Crippen MR) is 87.9 cm³/mol. The van der Waals surface area contributed by atoms with Crippen molar-refractivity contribution < 1.29 is 27.5 Å². The molecule has 0 bridgehead atoms. The first kappa shape index (κ1) is 20.9. The molecule has 0 aliphatic heterocycles. The molecule has 10 heteroatoms. The van der Waals surface area contributed by atoms with Gasteiger partial charge in [0.05, 0.1) is 12.2 Å². The molecule has 0 heterocycles. The molecule has 0 unspecified atom stereocenters. The van der Waals surface area contributed by atoms with Crippen molar-refractivity contribution in [3.05, 3.63) is 23.2 Å². The van der Waals surface area contributed by atoms with E-state index in [2.05, 4.69) is 20.7 Å². The van der Waals surface area contributed by atoms with Crippen molar-refractivity contribution in [2.24, 2.45) is 0 Å². The van der Waals surface area contributed by atoms with Crippen LogP contribution in [0.2, 0.25) is 5.02 Å². The Morgan fingerprint density at radius 1 is 1.28 bits per heavy atom. The molecule has 1 aromatic carbocycles. The number of alkyl halides is 3. The Bertz CT molecular complexity index is 597. The lowest BCUT2D eigenvalue weighted by Crippen LogP contribution is -2.42. The zero-order valence-corrected chi connectivity index (χ0v) is 14.3. The van der Waals surface area contributed by atoms with E-state index in [1.807, 2.05) is 6.92 Å². The average molecular weight is 382 g/mol. The number of nitrogens with one attached hydrogen (secondary N) is 3. The fourth-order valence-electron chi connectivity index (χ4n) is 1.70. The minimum absolute atomic E-state index is 0.109. The number of unbranched alkanes of at least 4 members (excludes halogenated alkanes) is 1. The van der Waals surface area contributed by atoms with Crippen molar-refractivity contribution in [3.63, 3.8) is 0 Å². The molecule has 1 rings (SSSR count). The lowest BCUT2D eigenvalue weighted by molar-refractivity contribution is -0.153. The van der Waals surface area contributed by atoms with Crippen molar-refractivity contribution in [1.82, 2.24) is 10.6 Å². The maximum Gasteiger partial charge on any atom is 0.422 e. The second-order valence-electron chi connectivity index (χ2n) is 5.06. The van der Waals surface area contributed by atoms with Crippen molar-refractivity contribution >= 4 is 29.2 Å². The molecule has 0 aliphatic carbocycles. The second kappa shape index (κ2) is 9.97. The largest absolute Gasteiger partial charge is 0.482 e. The maximum atomic E-state index is 12.3. The van der Waals surface area contributed by atoms with Crippen LogP contribution in [0.1, 0.15) is 19.8 Å². The van der Waals surface area contributed by atoms with E-state index in [4.69, 9.17) is 11.6 Å². The first-order valence-electron chi connectivity index (χ1n) is 7.52. The van der Waals surface area contributed by atoms with Gasteiger partial charge in [-0.05, 0) is 24.6 Å². The Morgan fingerprint density at radius 2 is 2.00 bits per heavy atom. The summed E-state index contributed by atoms with van der Waals surface area (Å²) in [5, 5.41) is 7.44. The third kappa shape index (κ3) is 9.04. The molecule has 0 aromatic heterocycles. The van der Waals surface area contributed by atoms with Crippen LogP contribution >= 0.6 is 11.6 Å². The minimum Gasteiger partial charge on any atom is -0.482 e. The van der Waals surface area contributed by atoms with E-state index in [9.17, 15) is 22.8 Å². The summed E-state index contributed by atoms with van der Waals surface area (Å²) in [7, 11) is 0. The van der Waals surface area contributed by atoms with Gasteiger partial charge >= 0.3 is 12.2 Å². The van der Waals surface area contributed by atoms with Gasteiger partial charge in [-0.2, -0.15) is 13.2 Å². The number of hydrogen-bond donors (Lipinski definition) is 3. The molecule has 1 aromatic rings. The molecule has 3 N–H and O–H groups in total. The molecule has 0 aliphatic rings. The van der Waals surface area contributed by atoms with Crippen LogP contribution in [-0.2, 0) is 4.79 Å². The number of anilines is 1. The van der Waals surface area contributed by atoms with E-state index in [1.54, 1.807) is 0 Å². The van der Waals surface area contributed by atoms with E-state index in [0.29, 0.717) is 6.54 Å². The molecule has 6 nitrogen and oxygen atoms in total. The lowest BCUT2D eigenvalue weighted by Gasteiger charge is -2.15. The smallest absolute Gasteiger partial charge is 0.422 e. The normalized spacial score (nSPS) is 10.9. The van der Waals surface area contributed by atoms with Gasteiger partial charge in [-0.1, -0.05) is 24.9 Å². The summed E-state index contributed by atoms with van der Waals surface area (Å²) in [5.74, 6) is -0.766. The van der Waals surface area contributed by atoms with Gasteiger partial charge in [-0.3, -0.25) is 10.1 Å². The molecule has 140 valence electrons. The molecule has 0 saturated carbocycles. The number of carbonyl (C=O) groups is 2. The van der Waals surface area contributed by atoms with Crippen LogP contribution in [0.15, 0.2) is 18.2 Å². The van der Waals surface area contributed by atoms with Gasteiger partial charge in [0.15, 0.2) is 6.61 Å². The third-order valence-electron chi connectivity index (χ3n) is 2.84. The Hall–Kier alpha value is -2.16. The highest BCUT2D eigenvalue weighted by Gasteiger charge is 2.28. The van der Waals surface area contributed by atoms with E-state index >= 15 is 0 Å². The molecule has 0 spiro atoms. The molecular weight excluding hydrogens is 363 g/mol. The topological polar surface area (TPSA) is 79.5 Å². The molecule has 0 atom stereocenters. The molecule has 0 saturated heterocycles. The van der Waals surface area contributed by atoms with E-state index < -0.39 is 24.7 Å². The Morgan fingerprint density at radius 3 is 2.64 bits per heavy atom. The van der Waals surface area contributed by atoms with Crippen molar-refractivity contribution in [2.45, 2.75) is 25.9 Å². The molecule has 25 heavy (non-hydrogen) atoms. The number of amides is 3. The highest BCUT2D eigenvalue weighted by molar-refractivity contribution is 6.30. The summed E-state index contributed by atoms with van der Waals surface area (Å²) in [4.78, 5) is 23.1. The summed E-state index contributed by atoms with van der Waals surface area (Å²) < 4.78 is 41.4. The quantitative estimate of drug-likeness (QED) is 0.603. The van der Waals surface area contributed by atoms with E-state index in [-0.39, 0.29) is 23.0 Å². The van der Waals surface area contributed by atoms with Crippen LogP contribution in [0, 0.1) is 0 Å². The van der Waals surface area contributed by atoms with Crippen molar-refractivity contribution in [2.75, 3.05) is 25.0 Å². The zero-order chi connectivity index (χ0) is 18.9. The highest BCUT2D eigenvalue weighted by atomic mass is 35.5. The Kier molecular flexibility index (Phi) is 8.33. The van der Waals surface area contributed by atoms with Crippen LogP contribution in [0.3, 0.4) is 0 Å². The fraction of sp³-hybridized carbons (Fsp3) is 0.467. The molecular formula is C15H19ClF3N3O3. The van der Waals surface area contributed by atoms with Crippen LogP contribution in [0.5, 0.6) is 5.75 Å². The number of carbonyl (C=O) groups excluding carboxylic acids is 2. The van der Waals surface area contributed by atoms with Gasteiger partial charge in [0.25, 0.3) is 0 Å². The number of benzene rings is 1. The fourth-order valence-corrected chi connectivity index (χ4v) is 1.87. The first-order valence-corrected chi connectivity index (χ1v) is 7.89. The van der Waals surface area contributed by atoms with E-state index in [1.165, 1.54) is 18.2 Å². The van der Waals surface area contributed by atoms with E-state index in [0.717, 1.165) is 12.8 Å². The third-order valence-corrected chi connectivity index (χ3v) is 3.08. The summed E-state index contributed by atoms with van der Waals surface area (Å²) >= 11 is 5.80. The van der Waals surface area contributed by atoms with Crippen LogP contribution in [0.25, 0.3) is 0 Å². The highest BCUT2D eigenvalue weighted by Crippen LogP contribution is 2.29. The molecule has 0 fully saturated rings. The maximum absolute atomic E-state index is 12.3. The number of urea groups is 1. The monoisotopic (exact) mass is 381 g/mol. The summed E-state index contributed by atoms with van der Waals surface area (Å²) in [5.41, 5.74) is 0.110. The summed E-state index contributed by atoms with van der Waals surface area (Å²) in [6.07, 6.45) is -2.82. The van der Waals surface area contributed by atoms with Crippen LogP contribution in [0.4, 0.5) is 23.7 Å². The van der Waals surface area contributed by atoms with Crippen molar-refractivity contribution in [1.29, 1.82) is 0 Å². The van der Waals surface area contributed by atoms with Gasteiger partial charge < -0.3 is 15.4 Å². The van der Waals surface area contributed by atoms with Gasteiger partial charge in [0.2, 0.25) is 5.91 Å². The predicted octanol–water partition coefficient (Wildman–Crippen LogP) is 3.32. The summed E-state index contributed by atoms with van der Waals surface area (Å²) in [6.45, 7) is 0.574. The molecule has 0 radical (unpaired) electrons. The van der Waals surface area contributed by atoms with Gasteiger partial charge in [0, 0.05) is 11.6 Å². The van der Waals surface area contributed by atoms with Crippen LogP contribution in [-0.4, -0.2) is 37.8 Å². The minimum atomic E-state index is -4.50. The first-order chi connectivity index (χ1) is 11.7. The van der Waals surface area contributed by atoms with Gasteiger partial charge in [0.1, 0.15) is 5.75 Å². The average Bonchev–Trinajstić information content (AvgIpc) is 2.51. The standard InChI is InChI=1S/C15H19ClF3N3O3/c1-2-3-6-20-14(24)22-13(23)8-21-11-7-10(16)4-5-12(11)25-9-15(17,18)19/h4-5,7,21H,2-3,6,8-9H2,1H3,(H2,20,22,23,24). The lowest BCUT2D eigenvalue weighted by atomic mass is 10.3. The second-order valence-corrected chi connectivity index (χ2v) is 5.49. The number of hydrogen-bond acceptors (Lipinski definition) is 4. The zero-order valence-electron chi connectivity index (χ0n) is 13.5. The van der Waals surface area contributed by atoms with Gasteiger partial charge in [-0.25, -0.2) is 4.79 Å². The SMILES string of the molecule is CCCCNC(=O)NC(=O)CNc1cc(Cl)ccc1OCC(F)(F)F. The number of ether oxygens (including phenoxy) is 1. The summed E-state index contributed by atoms with van der Waals surface area (Å²) in [6, 6.07) is 3.30. The Labute approximate surface area is 148 Å². The number of rotatable bonds is 8. The number of halogens is 4. The van der Waals surface area contributed by atoms with Gasteiger partial charge in [-0.15, -0.1) is 0 Å². The van der Waals surface area contributed by atoms with Crippen molar-refractivity contribution in [3.8, 4) is 5.75 Å². The number of imide groups is 1. The Balaban J connectivity index is 2.56. The molecule has 3 amide bonds.